The van der Waals surface area contributed by atoms with Crippen LogP contribution >= 0.6 is 11.8 Å². The van der Waals surface area contributed by atoms with Crippen LogP contribution < -0.4 is 10.1 Å². The summed E-state index contributed by atoms with van der Waals surface area (Å²) in [5.41, 5.74) is 2.15. The van der Waals surface area contributed by atoms with Crippen molar-refractivity contribution in [3.8, 4) is 5.75 Å². The molecule has 0 aliphatic carbocycles. The highest BCUT2D eigenvalue weighted by Gasteiger charge is 2.02. The fraction of sp³-hybridized carbons (Fsp3) is 0.350. The first-order chi connectivity index (χ1) is 11.8. The molecular weight excluding hydrogens is 318 g/mol. The lowest BCUT2D eigenvalue weighted by Gasteiger charge is -2.07. The number of benzene rings is 2. The van der Waals surface area contributed by atoms with E-state index in [9.17, 15) is 4.79 Å². The van der Waals surface area contributed by atoms with Crippen LogP contribution in [-0.2, 0) is 11.2 Å². The number of unbranched alkanes of at least 4 members (excludes halogenated alkanes) is 1. The van der Waals surface area contributed by atoms with Gasteiger partial charge in [-0.05, 0) is 54.8 Å². The standard InChI is InChI=1S/C20H25NO2S/c1-2-17-10-12-18(13-11-17)21-20(22)16-24-15-7-6-14-23-19-8-4-3-5-9-19/h3-5,8-13H,2,6-7,14-16H2,1H3,(H,21,22). The van der Waals surface area contributed by atoms with Gasteiger partial charge in [0.25, 0.3) is 0 Å². The molecule has 0 aliphatic heterocycles. The molecule has 0 unspecified atom stereocenters. The van der Waals surface area contributed by atoms with Crippen LogP contribution in [0.3, 0.4) is 0 Å². The molecule has 0 fully saturated rings. The van der Waals surface area contributed by atoms with Gasteiger partial charge in [0, 0.05) is 5.69 Å². The first-order valence-electron chi connectivity index (χ1n) is 8.42. The van der Waals surface area contributed by atoms with Crippen LogP contribution in [0.5, 0.6) is 5.75 Å². The van der Waals surface area contributed by atoms with E-state index in [1.54, 1.807) is 11.8 Å². The Labute approximate surface area is 148 Å². The largest absolute Gasteiger partial charge is 0.494 e. The molecule has 0 aliphatic rings. The maximum atomic E-state index is 11.9. The van der Waals surface area contributed by atoms with Crippen molar-refractivity contribution in [2.75, 3.05) is 23.4 Å². The summed E-state index contributed by atoms with van der Waals surface area (Å²) in [4.78, 5) is 11.9. The maximum absolute atomic E-state index is 11.9. The number of hydrogen-bond donors (Lipinski definition) is 1. The van der Waals surface area contributed by atoms with Gasteiger partial charge in [-0.1, -0.05) is 37.3 Å². The minimum Gasteiger partial charge on any atom is -0.494 e. The highest BCUT2D eigenvalue weighted by Crippen LogP contribution is 2.12. The number of hydrogen-bond acceptors (Lipinski definition) is 3. The van der Waals surface area contributed by atoms with Crippen LogP contribution in [0.15, 0.2) is 54.6 Å². The van der Waals surface area contributed by atoms with E-state index >= 15 is 0 Å². The lowest BCUT2D eigenvalue weighted by Crippen LogP contribution is -2.14. The number of para-hydroxylation sites is 1. The van der Waals surface area contributed by atoms with Gasteiger partial charge < -0.3 is 10.1 Å². The summed E-state index contributed by atoms with van der Waals surface area (Å²) >= 11 is 1.67. The molecule has 0 atom stereocenters. The number of carbonyl (C=O) groups is 1. The fourth-order valence-electron chi connectivity index (χ4n) is 2.20. The maximum Gasteiger partial charge on any atom is 0.234 e. The monoisotopic (exact) mass is 343 g/mol. The first kappa shape index (κ1) is 18.4. The van der Waals surface area contributed by atoms with Crippen molar-refractivity contribution >= 4 is 23.4 Å². The first-order valence-corrected chi connectivity index (χ1v) is 9.58. The highest BCUT2D eigenvalue weighted by atomic mass is 32.2. The SMILES string of the molecule is CCc1ccc(NC(=O)CSCCCCOc2ccccc2)cc1. The number of amides is 1. The second-order valence-electron chi connectivity index (χ2n) is 5.52. The summed E-state index contributed by atoms with van der Waals surface area (Å²) in [6, 6.07) is 17.9. The van der Waals surface area contributed by atoms with E-state index in [-0.39, 0.29) is 5.91 Å². The van der Waals surface area contributed by atoms with Crippen molar-refractivity contribution < 1.29 is 9.53 Å². The molecule has 2 aromatic rings. The molecule has 3 nitrogen and oxygen atoms in total. The molecule has 0 saturated carbocycles. The number of rotatable bonds is 10. The number of carbonyl (C=O) groups excluding carboxylic acids is 1. The van der Waals surface area contributed by atoms with E-state index in [1.165, 1.54) is 5.56 Å². The zero-order valence-corrected chi connectivity index (χ0v) is 15.0. The molecular formula is C20H25NO2S. The zero-order chi connectivity index (χ0) is 17.0. The van der Waals surface area contributed by atoms with Gasteiger partial charge in [0.1, 0.15) is 5.75 Å². The van der Waals surface area contributed by atoms with Crippen LogP contribution in [0.25, 0.3) is 0 Å². The lowest BCUT2D eigenvalue weighted by molar-refractivity contribution is -0.113. The van der Waals surface area contributed by atoms with Gasteiger partial charge in [-0.3, -0.25) is 4.79 Å². The van der Waals surface area contributed by atoms with E-state index in [0.29, 0.717) is 5.75 Å². The van der Waals surface area contributed by atoms with Gasteiger partial charge in [0.05, 0.1) is 12.4 Å². The molecule has 4 heteroatoms. The quantitative estimate of drug-likeness (QED) is 0.631. The second-order valence-corrected chi connectivity index (χ2v) is 6.63. The number of aryl methyl sites for hydroxylation is 1. The molecule has 1 amide bonds. The summed E-state index contributed by atoms with van der Waals surface area (Å²) in [6.07, 6.45) is 3.07. The average Bonchev–Trinajstić information content (AvgIpc) is 2.62. The minimum absolute atomic E-state index is 0.0600. The van der Waals surface area contributed by atoms with E-state index in [4.69, 9.17) is 4.74 Å². The molecule has 24 heavy (non-hydrogen) atoms. The van der Waals surface area contributed by atoms with Crippen molar-refractivity contribution in [2.45, 2.75) is 26.2 Å². The van der Waals surface area contributed by atoms with E-state index in [0.717, 1.165) is 43.1 Å². The topological polar surface area (TPSA) is 38.3 Å². The number of thioether (sulfide) groups is 1. The average molecular weight is 343 g/mol. The predicted molar refractivity (Wildman–Crippen MR) is 103 cm³/mol. The van der Waals surface area contributed by atoms with Crippen LogP contribution in [0.2, 0.25) is 0 Å². The van der Waals surface area contributed by atoms with Gasteiger partial charge in [-0.15, -0.1) is 0 Å². The van der Waals surface area contributed by atoms with Crippen molar-refractivity contribution in [1.82, 2.24) is 0 Å². The molecule has 0 bridgehead atoms. The van der Waals surface area contributed by atoms with E-state index < -0.39 is 0 Å². The molecule has 0 spiro atoms. The summed E-state index contributed by atoms with van der Waals surface area (Å²) in [6.45, 7) is 2.84. The number of anilines is 1. The number of nitrogens with one attached hydrogen (secondary N) is 1. The molecule has 2 rings (SSSR count). The van der Waals surface area contributed by atoms with Gasteiger partial charge in [0.2, 0.25) is 5.91 Å². The lowest BCUT2D eigenvalue weighted by atomic mass is 10.1. The van der Waals surface area contributed by atoms with Crippen LogP contribution in [0.4, 0.5) is 5.69 Å². The molecule has 0 heterocycles. The highest BCUT2D eigenvalue weighted by molar-refractivity contribution is 7.99. The molecule has 128 valence electrons. The van der Waals surface area contributed by atoms with Crippen molar-refractivity contribution in [2.24, 2.45) is 0 Å². The normalized spacial score (nSPS) is 10.4. The van der Waals surface area contributed by atoms with Crippen LogP contribution in [-0.4, -0.2) is 24.0 Å². The Hall–Kier alpha value is -1.94. The third kappa shape index (κ3) is 7.09. The van der Waals surface area contributed by atoms with Crippen LogP contribution in [0.1, 0.15) is 25.3 Å². The Morgan fingerprint density at radius 3 is 2.50 bits per heavy atom. The van der Waals surface area contributed by atoms with Gasteiger partial charge >= 0.3 is 0 Å². The van der Waals surface area contributed by atoms with Crippen molar-refractivity contribution in [1.29, 1.82) is 0 Å². The van der Waals surface area contributed by atoms with Gasteiger partial charge in [0.15, 0.2) is 0 Å². The molecule has 2 aromatic carbocycles. The van der Waals surface area contributed by atoms with E-state index in [1.807, 2.05) is 42.5 Å². The van der Waals surface area contributed by atoms with Crippen LogP contribution in [0, 0.1) is 0 Å². The Kier molecular flexibility index (Phi) is 8.25. The van der Waals surface area contributed by atoms with E-state index in [2.05, 4.69) is 24.4 Å². The van der Waals surface area contributed by atoms with Crippen molar-refractivity contribution in [3.63, 3.8) is 0 Å². The molecule has 0 saturated heterocycles. The Morgan fingerprint density at radius 1 is 1.04 bits per heavy atom. The van der Waals surface area contributed by atoms with Crippen molar-refractivity contribution in [3.05, 3.63) is 60.2 Å². The zero-order valence-electron chi connectivity index (χ0n) is 14.2. The van der Waals surface area contributed by atoms with Gasteiger partial charge in [-0.2, -0.15) is 11.8 Å². The summed E-state index contributed by atoms with van der Waals surface area (Å²) in [5.74, 6) is 2.44. The third-order valence-corrected chi connectivity index (χ3v) is 4.62. The Morgan fingerprint density at radius 2 is 1.79 bits per heavy atom. The number of ether oxygens (including phenoxy) is 1. The minimum atomic E-state index is 0.0600. The Balaban J connectivity index is 1.51. The molecule has 1 N–H and O–H groups in total. The second kappa shape index (κ2) is 10.8. The molecule has 0 aromatic heterocycles. The Bertz CT molecular complexity index is 599. The summed E-state index contributed by atoms with van der Waals surface area (Å²) in [7, 11) is 0. The third-order valence-electron chi connectivity index (χ3n) is 3.57. The molecule has 0 radical (unpaired) electrons. The summed E-state index contributed by atoms with van der Waals surface area (Å²) in [5, 5.41) is 2.93. The smallest absolute Gasteiger partial charge is 0.234 e. The summed E-state index contributed by atoms with van der Waals surface area (Å²) < 4.78 is 5.64. The van der Waals surface area contributed by atoms with Gasteiger partial charge in [-0.25, -0.2) is 0 Å². The predicted octanol–water partition coefficient (Wildman–Crippen LogP) is 4.78. The fourth-order valence-corrected chi connectivity index (χ4v) is 3.01.